The van der Waals surface area contributed by atoms with Gasteiger partial charge in [0, 0.05) is 0 Å². The number of hydrogen-bond donors (Lipinski definition) is 3. The molecule has 2 aromatic carbocycles. The lowest BCUT2D eigenvalue weighted by molar-refractivity contribution is 0.275. The van der Waals surface area contributed by atoms with Crippen LogP contribution in [0.4, 0.5) is 0 Å². The molecule has 1 heterocycles. The highest BCUT2D eigenvalue weighted by Crippen LogP contribution is 2.28. The number of aromatic hydroxyl groups is 2. The van der Waals surface area contributed by atoms with E-state index in [9.17, 15) is 20.1 Å². The molecule has 0 amide bonds. The van der Waals surface area contributed by atoms with E-state index < -0.39 is 6.61 Å². The third-order valence-corrected chi connectivity index (χ3v) is 3.36. The minimum atomic E-state index is -0.426. The van der Waals surface area contributed by atoms with Crippen LogP contribution in [0.1, 0.15) is 5.56 Å². The fourth-order valence-electron chi connectivity index (χ4n) is 2.24. The molecule has 0 fully saturated rings. The van der Waals surface area contributed by atoms with E-state index in [4.69, 9.17) is 4.42 Å². The summed E-state index contributed by atoms with van der Waals surface area (Å²) < 4.78 is 5.43. The smallest absolute Gasteiger partial charge is 0.200 e. The Kier molecular flexibility index (Phi) is 3.12. The molecule has 3 N–H and O–H groups in total. The Bertz CT molecular complexity index is 862. The summed E-state index contributed by atoms with van der Waals surface area (Å²) in [6.45, 7) is -0.426. The van der Waals surface area contributed by atoms with Gasteiger partial charge >= 0.3 is 0 Å². The van der Waals surface area contributed by atoms with Gasteiger partial charge in [-0.3, -0.25) is 4.79 Å². The van der Waals surface area contributed by atoms with Crippen LogP contribution >= 0.6 is 0 Å². The zero-order chi connectivity index (χ0) is 15.0. The predicted molar refractivity (Wildman–Crippen MR) is 77.2 cm³/mol. The molecule has 0 saturated carbocycles. The number of phenols is 2. The molecule has 0 aliphatic carbocycles. The summed E-state index contributed by atoms with van der Waals surface area (Å²) in [4.78, 5) is 12.5. The van der Waals surface area contributed by atoms with Gasteiger partial charge in [-0.25, -0.2) is 0 Å². The number of hydrogen-bond acceptors (Lipinski definition) is 5. The Morgan fingerprint density at radius 3 is 2.38 bits per heavy atom. The maximum Gasteiger partial charge on any atom is 0.200 e. The molecule has 0 unspecified atom stereocenters. The molecule has 0 atom stereocenters. The molecule has 0 saturated heterocycles. The van der Waals surface area contributed by atoms with Gasteiger partial charge in [0.1, 0.15) is 23.3 Å². The van der Waals surface area contributed by atoms with Crippen molar-refractivity contribution in [2.24, 2.45) is 0 Å². The van der Waals surface area contributed by atoms with Crippen LogP contribution in [0.25, 0.3) is 22.1 Å². The van der Waals surface area contributed by atoms with E-state index in [2.05, 4.69) is 0 Å². The third kappa shape index (κ3) is 2.13. The van der Waals surface area contributed by atoms with E-state index in [1.807, 2.05) is 0 Å². The van der Waals surface area contributed by atoms with E-state index in [0.717, 1.165) is 0 Å². The molecule has 5 nitrogen and oxygen atoms in total. The normalized spacial score (nSPS) is 10.9. The van der Waals surface area contributed by atoms with Gasteiger partial charge in [0.25, 0.3) is 0 Å². The molecule has 3 aromatic rings. The number of phenolic OH excluding ortho intramolecular Hbond substituents is 1. The first-order valence-electron chi connectivity index (χ1n) is 6.28. The van der Waals surface area contributed by atoms with Crippen molar-refractivity contribution in [3.05, 3.63) is 58.4 Å². The lowest BCUT2D eigenvalue weighted by Gasteiger charge is -2.07. The van der Waals surface area contributed by atoms with Crippen molar-refractivity contribution in [2.45, 2.75) is 6.61 Å². The predicted octanol–water partition coefficient (Wildman–Crippen LogP) is 2.36. The number of fused-ring (bicyclic) bond motifs is 1. The fraction of sp³-hybridized carbons (Fsp3) is 0.0625. The van der Waals surface area contributed by atoms with Gasteiger partial charge in [-0.15, -0.1) is 0 Å². The summed E-state index contributed by atoms with van der Waals surface area (Å²) >= 11 is 0. The maximum absolute atomic E-state index is 12.5. The van der Waals surface area contributed by atoms with Crippen molar-refractivity contribution < 1.29 is 19.7 Å². The summed E-state index contributed by atoms with van der Waals surface area (Å²) in [5.41, 5.74) is 1.04. The zero-order valence-electron chi connectivity index (χ0n) is 10.9. The lowest BCUT2D eigenvalue weighted by Crippen LogP contribution is -2.06. The number of aliphatic hydroxyl groups is 1. The van der Waals surface area contributed by atoms with Gasteiger partial charge < -0.3 is 19.7 Å². The molecular formula is C16H12O5. The average Bonchev–Trinajstić information content (AvgIpc) is 2.49. The second kappa shape index (κ2) is 4.96. The highest BCUT2D eigenvalue weighted by molar-refractivity contribution is 5.85. The van der Waals surface area contributed by atoms with E-state index >= 15 is 0 Å². The second-order valence-electron chi connectivity index (χ2n) is 4.62. The monoisotopic (exact) mass is 284 g/mol. The van der Waals surface area contributed by atoms with Crippen LogP contribution in [0.15, 0.2) is 51.9 Å². The van der Waals surface area contributed by atoms with Gasteiger partial charge in [0.15, 0.2) is 0 Å². The highest BCUT2D eigenvalue weighted by atomic mass is 16.3. The molecule has 106 valence electrons. The Morgan fingerprint density at radius 2 is 1.71 bits per heavy atom. The molecule has 5 heteroatoms. The molecule has 0 radical (unpaired) electrons. The Labute approximate surface area is 119 Å². The lowest BCUT2D eigenvalue weighted by atomic mass is 10.0. The minimum Gasteiger partial charge on any atom is -0.508 e. The van der Waals surface area contributed by atoms with Crippen LogP contribution in [0, 0.1) is 0 Å². The zero-order valence-corrected chi connectivity index (χ0v) is 10.9. The van der Waals surface area contributed by atoms with E-state index in [0.29, 0.717) is 11.1 Å². The highest BCUT2D eigenvalue weighted by Gasteiger charge is 2.14. The largest absolute Gasteiger partial charge is 0.508 e. The SMILES string of the molecule is O=c1c(-c2ccc(O)cc2)coc2c(CO)c(O)ccc12. The van der Waals surface area contributed by atoms with Crippen LogP contribution < -0.4 is 5.43 Å². The van der Waals surface area contributed by atoms with Crippen LogP contribution in [0.5, 0.6) is 11.5 Å². The first-order valence-corrected chi connectivity index (χ1v) is 6.28. The van der Waals surface area contributed by atoms with Gasteiger partial charge in [0.2, 0.25) is 5.43 Å². The van der Waals surface area contributed by atoms with E-state index in [1.165, 1.54) is 30.5 Å². The molecule has 0 bridgehead atoms. The summed E-state index contributed by atoms with van der Waals surface area (Å²) in [6, 6.07) is 9.00. The topological polar surface area (TPSA) is 90.9 Å². The molecule has 0 aliphatic rings. The van der Waals surface area contributed by atoms with Crippen LogP contribution in [-0.2, 0) is 6.61 Å². The Balaban J connectivity index is 2.29. The first kappa shape index (κ1) is 13.2. The minimum absolute atomic E-state index is 0.108. The van der Waals surface area contributed by atoms with Gasteiger partial charge in [-0.2, -0.15) is 0 Å². The summed E-state index contributed by atoms with van der Waals surface area (Å²) in [5, 5.41) is 28.5. The first-order chi connectivity index (χ1) is 10.1. The van der Waals surface area contributed by atoms with Crippen molar-refractivity contribution >= 4 is 11.0 Å². The maximum atomic E-state index is 12.5. The van der Waals surface area contributed by atoms with E-state index in [-0.39, 0.29) is 33.5 Å². The van der Waals surface area contributed by atoms with Crippen LogP contribution in [0.2, 0.25) is 0 Å². The van der Waals surface area contributed by atoms with Crippen LogP contribution in [0.3, 0.4) is 0 Å². The van der Waals surface area contributed by atoms with Gasteiger partial charge in [-0.1, -0.05) is 12.1 Å². The molecule has 21 heavy (non-hydrogen) atoms. The fourth-order valence-corrected chi connectivity index (χ4v) is 2.24. The average molecular weight is 284 g/mol. The van der Waals surface area contributed by atoms with Crippen molar-refractivity contribution in [1.82, 2.24) is 0 Å². The summed E-state index contributed by atoms with van der Waals surface area (Å²) in [5.74, 6) is -0.0121. The Hall–Kier alpha value is -2.79. The van der Waals surface area contributed by atoms with Gasteiger partial charge in [-0.05, 0) is 29.8 Å². The summed E-state index contributed by atoms with van der Waals surface area (Å²) in [7, 11) is 0. The Morgan fingerprint density at radius 1 is 1.00 bits per heavy atom. The van der Waals surface area contributed by atoms with Crippen LogP contribution in [-0.4, -0.2) is 15.3 Å². The molecule has 1 aromatic heterocycles. The van der Waals surface area contributed by atoms with Gasteiger partial charge in [0.05, 0.1) is 23.1 Å². The van der Waals surface area contributed by atoms with Crippen molar-refractivity contribution in [2.75, 3.05) is 0 Å². The number of aliphatic hydroxyl groups excluding tert-OH is 1. The van der Waals surface area contributed by atoms with Crippen molar-refractivity contribution in [1.29, 1.82) is 0 Å². The summed E-state index contributed by atoms with van der Waals surface area (Å²) in [6.07, 6.45) is 1.29. The number of rotatable bonds is 2. The third-order valence-electron chi connectivity index (χ3n) is 3.36. The molecular weight excluding hydrogens is 272 g/mol. The number of benzene rings is 2. The molecule has 0 spiro atoms. The second-order valence-corrected chi connectivity index (χ2v) is 4.62. The standard InChI is InChI=1S/C16H12O5/c17-7-12-14(19)6-5-11-15(20)13(8-21-16(11)12)9-1-3-10(18)4-2-9/h1-6,8,17-19H,7H2. The molecule has 3 rings (SSSR count). The van der Waals surface area contributed by atoms with Crippen molar-refractivity contribution in [3.8, 4) is 22.6 Å². The van der Waals surface area contributed by atoms with E-state index in [1.54, 1.807) is 12.1 Å². The van der Waals surface area contributed by atoms with Crippen molar-refractivity contribution in [3.63, 3.8) is 0 Å². The molecule has 0 aliphatic heterocycles. The quantitative estimate of drug-likeness (QED) is 0.672.